The molecular formula is C57H55FN8O12. The van der Waals surface area contributed by atoms with Crippen LogP contribution in [-0.4, -0.2) is 81.2 Å². The highest BCUT2D eigenvalue weighted by Crippen LogP contribution is 2.47. The number of anilines is 1. The number of amides is 6. The van der Waals surface area contributed by atoms with Gasteiger partial charge in [-0.05, 0) is 103 Å². The minimum absolute atomic E-state index is 0.0266. The van der Waals surface area contributed by atoms with Crippen LogP contribution >= 0.6 is 0 Å². The normalized spacial score (nSPS) is 17.6. The molecule has 0 radical (unpaired) electrons. The number of rotatable bonds is 15. The molecule has 78 heavy (non-hydrogen) atoms. The quantitative estimate of drug-likeness (QED) is 0.0516. The first-order valence-corrected chi connectivity index (χ1v) is 25.5. The third kappa shape index (κ3) is 9.65. The predicted molar refractivity (Wildman–Crippen MR) is 280 cm³/mol. The number of nitrogens with two attached hydrogens (primary N) is 1. The monoisotopic (exact) mass is 1060 g/mol. The van der Waals surface area contributed by atoms with Crippen LogP contribution in [0.3, 0.4) is 0 Å². The summed E-state index contributed by atoms with van der Waals surface area (Å²) >= 11 is 0. The zero-order valence-corrected chi connectivity index (χ0v) is 42.9. The van der Waals surface area contributed by atoms with Crippen molar-refractivity contribution in [3.05, 3.63) is 151 Å². The molecule has 0 bridgehead atoms. The Hall–Kier alpha value is -8.98. The lowest BCUT2D eigenvalue weighted by Gasteiger charge is -2.31. The van der Waals surface area contributed by atoms with Crippen molar-refractivity contribution >= 4 is 58.4 Å². The number of aromatic nitrogens is 2. The van der Waals surface area contributed by atoms with Crippen LogP contribution in [0.2, 0.25) is 0 Å². The summed E-state index contributed by atoms with van der Waals surface area (Å²) in [6.45, 7) is 5.63. The fraction of sp³-hybridized carbons (Fsp3) is 0.316. The van der Waals surface area contributed by atoms with Gasteiger partial charge in [-0.15, -0.1) is 0 Å². The van der Waals surface area contributed by atoms with Crippen molar-refractivity contribution in [1.82, 2.24) is 30.8 Å². The molecule has 6 aromatic rings. The second kappa shape index (κ2) is 20.9. The van der Waals surface area contributed by atoms with Gasteiger partial charge in [-0.1, -0.05) is 67.6 Å². The molecule has 5 atom stereocenters. The minimum atomic E-state index is -2.05. The number of hydrogen-bond donors (Lipinski definition) is 7. The summed E-state index contributed by atoms with van der Waals surface area (Å²) in [5.74, 6) is -4.74. The number of benzene rings is 4. The maximum absolute atomic E-state index is 15.4. The molecule has 10 rings (SSSR count). The maximum Gasteiger partial charge on any atom is 0.407 e. The molecule has 20 nitrogen and oxygen atoms in total. The van der Waals surface area contributed by atoms with E-state index in [9.17, 15) is 43.5 Å². The number of esters is 1. The summed E-state index contributed by atoms with van der Waals surface area (Å²) in [4.78, 5) is 110. The molecule has 402 valence electrons. The van der Waals surface area contributed by atoms with Crippen LogP contribution in [0.15, 0.2) is 89.7 Å². The van der Waals surface area contributed by atoms with Crippen LogP contribution in [-0.2, 0) is 70.0 Å². The SMILES string of the molecule is CC[C@@]1(O)C(=O)OCc2c1cc1n(c2=O)Cc2c-1nc1cc(F)c(C)c3c1c2[C@@H](NC(=O)OCc1ccc(NC(=O)C(CC(N)=O)NC(=O)[C@H](C)NC(=O)[C@H](C)NC(=O)OCC2c4ccccc4-c4ccccc42)cc1)CC3. The number of nitrogens with zero attached hydrogens (tertiary/aromatic N) is 2. The molecule has 21 heteroatoms. The lowest BCUT2D eigenvalue weighted by atomic mass is 9.81. The van der Waals surface area contributed by atoms with Crippen molar-refractivity contribution in [2.24, 2.45) is 5.73 Å². The zero-order chi connectivity index (χ0) is 55.3. The number of carbonyl (C=O) groups excluding carboxylic acids is 7. The van der Waals surface area contributed by atoms with Crippen LogP contribution in [0.25, 0.3) is 33.4 Å². The number of cyclic esters (lactones) is 1. The Morgan fingerprint density at radius 1 is 0.859 bits per heavy atom. The molecule has 0 fully saturated rings. The Morgan fingerprint density at radius 3 is 2.21 bits per heavy atom. The van der Waals surface area contributed by atoms with E-state index in [1.807, 2.05) is 48.5 Å². The average Bonchev–Trinajstić information content (AvgIpc) is 3.98. The fourth-order valence-electron chi connectivity index (χ4n) is 10.9. The Morgan fingerprint density at radius 2 is 1.53 bits per heavy atom. The van der Waals surface area contributed by atoms with Gasteiger partial charge in [0.05, 0.1) is 41.5 Å². The van der Waals surface area contributed by atoms with Crippen molar-refractivity contribution in [3.63, 3.8) is 0 Å². The molecule has 2 aliphatic heterocycles. The highest BCUT2D eigenvalue weighted by atomic mass is 19.1. The van der Waals surface area contributed by atoms with E-state index in [0.29, 0.717) is 57.4 Å². The topological polar surface area (TPSA) is 288 Å². The van der Waals surface area contributed by atoms with E-state index < -0.39 is 89.4 Å². The molecule has 1 unspecified atom stereocenters. The van der Waals surface area contributed by atoms with E-state index in [2.05, 4.69) is 26.6 Å². The first-order chi connectivity index (χ1) is 37.3. The fourth-order valence-corrected chi connectivity index (χ4v) is 10.9. The number of fused-ring (bicyclic) bond motifs is 8. The number of ether oxygens (including phenoxy) is 3. The van der Waals surface area contributed by atoms with E-state index in [0.717, 1.165) is 27.8 Å². The first-order valence-electron chi connectivity index (χ1n) is 25.5. The van der Waals surface area contributed by atoms with E-state index >= 15 is 4.39 Å². The second-order valence-corrected chi connectivity index (χ2v) is 20.0. The minimum Gasteiger partial charge on any atom is -0.458 e. The Kier molecular flexibility index (Phi) is 14.0. The zero-order valence-electron chi connectivity index (χ0n) is 42.9. The van der Waals surface area contributed by atoms with Crippen LogP contribution in [0.1, 0.15) is 102 Å². The third-order valence-corrected chi connectivity index (χ3v) is 15.1. The molecule has 4 aromatic carbocycles. The smallest absolute Gasteiger partial charge is 0.407 e. The summed E-state index contributed by atoms with van der Waals surface area (Å²) in [6.07, 6.45) is -1.47. The van der Waals surface area contributed by atoms with Crippen molar-refractivity contribution in [1.29, 1.82) is 0 Å². The number of aliphatic hydroxyl groups is 1. The average molecular weight is 1060 g/mol. The maximum atomic E-state index is 15.4. The van der Waals surface area contributed by atoms with Crippen LogP contribution in [0, 0.1) is 12.7 Å². The molecule has 4 heterocycles. The van der Waals surface area contributed by atoms with Crippen LogP contribution < -0.4 is 37.9 Å². The standard InChI is InChI=1S/C57H55FN8O12/c1-5-57(75)40-20-45-49-37(23-66(45)53(71)39(40)26-76-54(57)72)48-42(19-18-32-27(2)41(58)21-43(63-49)47(32)48)65-56(74)77-24-30-14-16-31(17-15-30)62-52(70)44(22-46(59)67)64-51(69)28(3)60-50(68)29(4)61-55(73)78-25-38-35-12-8-6-10-33(35)34-11-7-9-13-36(34)38/h6-17,20-21,28-29,38,42,44,75H,5,18-19,22-26H2,1-4H3,(H2,59,67)(H,60,68)(H,61,73)(H,62,70)(H,64,69)(H,65,74)/t28-,29-,42-,44?,57-/m0/s1. The van der Waals surface area contributed by atoms with Crippen molar-refractivity contribution in [3.8, 4) is 22.5 Å². The Labute approximate surface area is 445 Å². The predicted octanol–water partition coefficient (Wildman–Crippen LogP) is 5.17. The molecule has 0 saturated carbocycles. The van der Waals surface area contributed by atoms with Gasteiger partial charge in [0.15, 0.2) is 5.60 Å². The van der Waals surface area contributed by atoms with E-state index in [-0.39, 0.29) is 55.5 Å². The van der Waals surface area contributed by atoms with Crippen molar-refractivity contribution in [2.45, 2.75) is 109 Å². The van der Waals surface area contributed by atoms with Crippen LogP contribution in [0.4, 0.5) is 19.7 Å². The molecule has 0 saturated heterocycles. The number of carbonyl (C=O) groups is 7. The number of nitrogens with one attached hydrogen (secondary N) is 5. The summed E-state index contributed by atoms with van der Waals surface area (Å²) in [7, 11) is 0. The number of halogens is 1. The van der Waals surface area contributed by atoms with Gasteiger partial charge in [-0.2, -0.15) is 0 Å². The van der Waals surface area contributed by atoms with Gasteiger partial charge in [0, 0.05) is 34.2 Å². The van der Waals surface area contributed by atoms with Gasteiger partial charge < -0.3 is 56.2 Å². The lowest BCUT2D eigenvalue weighted by Crippen LogP contribution is -2.55. The van der Waals surface area contributed by atoms with Gasteiger partial charge >= 0.3 is 18.2 Å². The number of pyridine rings is 2. The number of primary amides is 1. The van der Waals surface area contributed by atoms with Gasteiger partial charge in [-0.25, -0.2) is 23.8 Å². The summed E-state index contributed by atoms with van der Waals surface area (Å²) in [5.41, 5.74) is 11.6. The number of aryl methyl sites for hydroxylation is 1. The first kappa shape index (κ1) is 52.5. The van der Waals surface area contributed by atoms with E-state index in [4.69, 9.17) is 24.9 Å². The van der Waals surface area contributed by atoms with E-state index in [1.165, 1.54) is 36.6 Å². The number of alkyl carbamates (subject to hydrolysis) is 2. The Bertz CT molecular complexity index is 3540. The highest BCUT2D eigenvalue weighted by Gasteiger charge is 2.46. The van der Waals surface area contributed by atoms with E-state index in [1.54, 1.807) is 32.0 Å². The molecule has 4 aliphatic rings. The van der Waals surface area contributed by atoms with Crippen molar-refractivity contribution < 1.29 is 57.3 Å². The number of hydrogen-bond acceptors (Lipinski definition) is 13. The lowest BCUT2D eigenvalue weighted by molar-refractivity contribution is -0.172. The molecule has 6 amide bonds. The Balaban J connectivity index is 0.740. The molecule has 0 spiro atoms. The second-order valence-electron chi connectivity index (χ2n) is 20.0. The van der Waals surface area contributed by atoms with Crippen LogP contribution in [0.5, 0.6) is 0 Å². The third-order valence-electron chi connectivity index (χ3n) is 15.1. The van der Waals surface area contributed by atoms with Gasteiger partial charge in [0.2, 0.25) is 23.6 Å². The summed E-state index contributed by atoms with van der Waals surface area (Å²) in [5, 5.41) is 25.0. The van der Waals surface area contributed by atoms with Gasteiger partial charge in [-0.3, -0.25) is 24.0 Å². The van der Waals surface area contributed by atoms with Gasteiger partial charge in [0.1, 0.15) is 43.8 Å². The van der Waals surface area contributed by atoms with Gasteiger partial charge in [0.25, 0.3) is 5.56 Å². The molecule has 8 N–H and O–H groups in total. The molecule has 2 aliphatic carbocycles. The highest BCUT2D eigenvalue weighted by molar-refractivity contribution is 6.01. The summed E-state index contributed by atoms with van der Waals surface area (Å²) < 4.78 is 33.3. The molecular weight excluding hydrogens is 1010 g/mol. The van der Waals surface area contributed by atoms with Crippen molar-refractivity contribution in [2.75, 3.05) is 11.9 Å². The molecule has 2 aromatic heterocycles. The largest absolute Gasteiger partial charge is 0.458 e. The summed E-state index contributed by atoms with van der Waals surface area (Å²) in [6, 6.07) is 20.4.